The van der Waals surface area contributed by atoms with Gasteiger partial charge in [-0.05, 0) is 41.8 Å². The van der Waals surface area contributed by atoms with Gasteiger partial charge in [0, 0.05) is 32.8 Å². The summed E-state index contributed by atoms with van der Waals surface area (Å²) in [6.07, 6.45) is 0.746. The van der Waals surface area contributed by atoms with Crippen molar-refractivity contribution < 1.29 is 4.74 Å². The molecule has 6 rings (SSSR count). The third kappa shape index (κ3) is 4.16. The van der Waals surface area contributed by atoms with Gasteiger partial charge in [-0.3, -0.25) is 0 Å². The molecule has 172 valence electrons. The molecule has 0 amide bonds. The third-order valence-corrected chi connectivity index (χ3v) is 7.29. The first-order valence-corrected chi connectivity index (χ1v) is 12.5. The zero-order chi connectivity index (χ0) is 23.8. The highest BCUT2D eigenvalue weighted by Gasteiger charge is 2.33. The molecule has 5 aromatic rings. The number of halogens is 1. The summed E-state index contributed by atoms with van der Waals surface area (Å²) in [4.78, 5) is 11.2. The van der Waals surface area contributed by atoms with Crippen LogP contribution in [0.2, 0.25) is 5.02 Å². The van der Waals surface area contributed by atoms with Gasteiger partial charge < -0.3 is 4.74 Å². The van der Waals surface area contributed by atoms with Crippen molar-refractivity contribution in [1.29, 1.82) is 0 Å². The van der Waals surface area contributed by atoms with E-state index >= 15 is 0 Å². The number of thiophene rings is 1. The van der Waals surface area contributed by atoms with E-state index in [2.05, 4.69) is 35.7 Å². The van der Waals surface area contributed by atoms with Crippen molar-refractivity contribution in [1.82, 2.24) is 9.97 Å². The number of methoxy groups -OCH3 is 1. The summed E-state index contributed by atoms with van der Waals surface area (Å²) in [6, 6.07) is 28.1. The largest absolute Gasteiger partial charge is 0.497 e. The molecule has 7 heteroatoms. The Morgan fingerprint density at radius 1 is 0.914 bits per heavy atom. The van der Waals surface area contributed by atoms with Gasteiger partial charge in [-0.25, -0.2) is 15.0 Å². The monoisotopic (exact) mass is 496 g/mol. The molecule has 1 aliphatic heterocycles. The van der Waals surface area contributed by atoms with Gasteiger partial charge in [-0.2, -0.15) is 5.10 Å². The third-order valence-electron chi connectivity index (χ3n) is 6.08. The first-order chi connectivity index (χ1) is 17.2. The number of nitrogens with zero attached hydrogens (tertiary/aromatic N) is 4. The molecule has 0 aliphatic carbocycles. The number of benzene rings is 3. The summed E-state index contributed by atoms with van der Waals surface area (Å²) in [5.41, 5.74) is 4.68. The van der Waals surface area contributed by atoms with Gasteiger partial charge in [0.15, 0.2) is 0 Å². The Balaban J connectivity index is 1.53. The fourth-order valence-corrected chi connectivity index (χ4v) is 5.37. The molecular formula is C28H21ClN4OS. The lowest BCUT2D eigenvalue weighted by atomic mass is 10.0. The molecule has 1 aliphatic rings. The maximum Gasteiger partial charge on any atom is 0.247 e. The molecule has 3 aromatic carbocycles. The summed E-state index contributed by atoms with van der Waals surface area (Å²) < 4.78 is 5.45. The van der Waals surface area contributed by atoms with Crippen LogP contribution in [0.15, 0.2) is 95.4 Å². The number of aromatic nitrogens is 2. The molecule has 0 saturated heterocycles. The number of hydrogen-bond donors (Lipinski definition) is 0. The van der Waals surface area contributed by atoms with Gasteiger partial charge >= 0.3 is 0 Å². The molecule has 2 aromatic heterocycles. The van der Waals surface area contributed by atoms with Crippen molar-refractivity contribution in [3.63, 3.8) is 0 Å². The summed E-state index contributed by atoms with van der Waals surface area (Å²) in [7, 11) is 1.68. The summed E-state index contributed by atoms with van der Waals surface area (Å²) in [5, 5.41) is 10.7. The zero-order valence-corrected chi connectivity index (χ0v) is 20.5. The van der Waals surface area contributed by atoms with Gasteiger partial charge in [0.05, 0.1) is 30.1 Å². The second-order valence-electron chi connectivity index (χ2n) is 8.26. The molecule has 0 radical (unpaired) electrons. The van der Waals surface area contributed by atoms with Crippen LogP contribution in [0.1, 0.15) is 22.9 Å². The van der Waals surface area contributed by atoms with Crippen LogP contribution in [0.5, 0.6) is 5.75 Å². The molecule has 35 heavy (non-hydrogen) atoms. The number of hydrazone groups is 1. The number of hydrogen-bond acceptors (Lipinski definition) is 6. The second-order valence-corrected chi connectivity index (χ2v) is 9.67. The summed E-state index contributed by atoms with van der Waals surface area (Å²) in [5.74, 6) is 1.37. The summed E-state index contributed by atoms with van der Waals surface area (Å²) in [6.45, 7) is 0. The van der Waals surface area contributed by atoms with Gasteiger partial charge in [0.1, 0.15) is 5.75 Å². The molecule has 0 saturated carbocycles. The van der Waals surface area contributed by atoms with E-state index < -0.39 is 0 Å². The van der Waals surface area contributed by atoms with Crippen LogP contribution >= 0.6 is 22.9 Å². The van der Waals surface area contributed by atoms with Crippen molar-refractivity contribution in [3.8, 4) is 17.0 Å². The molecule has 5 nitrogen and oxygen atoms in total. The second kappa shape index (κ2) is 9.13. The predicted molar refractivity (Wildman–Crippen MR) is 144 cm³/mol. The maximum atomic E-state index is 6.35. The van der Waals surface area contributed by atoms with Gasteiger partial charge in [-0.1, -0.05) is 60.1 Å². The highest BCUT2D eigenvalue weighted by Crippen LogP contribution is 2.39. The number of ether oxygens (including phenoxy) is 1. The Kier molecular flexibility index (Phi) is 5.68. The van der Waals surface area contributed by atoms with Crippen LogP contribution in [0, 0.1) is 0 Å². The van der Waals surface area contributed by atoms with Crippen molar-refractivity contribution in [2.45, 2.75) is 12.5 Å². The van der Waals surface area contributed by atoms with Crippen LogP contribution in [0.4, 0.5) is 5.95 Å². The van der Waals surface area contributed by atoms with Crippen molar-refractivity contribution in [2.75, 3.05) is 12.1 Å². The lowest BCUT2D eigenvalue weighted by molar-refractivity contribution is 0.414. The minimum absolute atomic E-state index is 0.00424. The van der Waals surface area contributed by atoms with Crippen LogP contribution in [0.25, 0.3) is 22.2 Å². The van der Waals surface area contributed by atoms with Crippen LogP contribution in [-0.4, -0.2) is 22.8 Å². The zero-order valence-electron chi connectivity index (χ0n) is 18.9. The van der Waals surface area contributed by atoms with E-state index in [1.165, 1.54) is 4.88 Å². The Hall–Kier alpha value is -3.74. The molecule has 1 unspecified atom stereocenters. The summed E-state index contributed by atoms with van der Waals surface area (Å²) >= 11 is 8.07. The highest BCUT2D eigenvalue weighted by molar-refractivity contribution is 7.10. The van der Waals surface area contributed by atoms with Crippen LogP contribution in [-0.2, 0) is 0 Å². The van der Waals surface area contributed by atoms with E-state index in [0.29, 0.717) is 11.0 Å². The number of fused-ring (bicyclic) bond motifs is 1. The van der Waals surface area contributed by atoms with E-state index in [1.807, 2.05) is 59.6 Å². The van der Waals surface area contributed by atoms with Crippen molar-refractivity contribution in [3.05, 3.63) is 106 Å². The standard InChI is InChI=1S/C28H21ClN4OS/c1-34-21-10-5-9-19(15-21)24-17-25(26-11-6-14-35-26)33(32-24)28-30-23-13-12-20(29)16-22(23)27(31-28)18-7-3-2-4-8-18/h2-16,25H,17H2,1H3. The average Bonchev–Trinajstić information content (AvgIpc) is 3.59. The Bertz CT molecular complexity index is 1540. The quantitative estimate of drug-likeness (QED) is 0.255. The normalized spacial score (nSPS) is 15.4. The average molecular weight is 497 g/mol. The molecular weight excluding hydrogens is 476 g/mol. The van der Waals surface area contributed by atoms with Crippen LogP contribution < -0.4 is 9.75 Å². The first kappa shape index (κ1) is 21.8. The number of rotatable bonds is 5. The fourth-order valence-electron chi connectivity index (χ4n) is 4.38. The SMILES string of the molecule is COc1cccc(C2=NN(c3nc(-c4ccccc4)c4cc(Cl)ccc4n3)C(c3cccs3)C2)c1. The topological polar surface area (TPSA) is 50.6 Å². The maximum absolute atomic E-state index is 6.35. The molecule has 0 spiro atoms. The smallest absolute Gasteiger partial charge is 0.247 e. The lowest BCUT2D eigenvalue weighted by Crippen LogP contribution is -2.20. The van der Waals surface area contributed by atoms with Crippen LogP contribution in [0.3, 0.4) is 0 Å². The highest BCUT2D eigenvalue weighted by atomic mass is 35.5. The minimum Gasteiger partial charge on any atom is -0.497 e. The van der Waals surface area contributed by atoms with Gasteiger partial charge in [0.25, 0.3) is 0 Å². The van der Waals surface area contributed by atoms with E-state index in [-0.39, 0.29) is 6.04 Å². The molecule has 0 N–H and O–H groups in total. The number of anilines is 1. The Morgan fingerprint density at radius 2 is 1.77 bits per heavy atom. The van der Waals surface area contributed by atoms with E-state index in [9.17, 15) is 0 Å². The molecule has 0 bridgehead atoms. The predicted octanol–water partition coefficient (Wildman–Crippen LogP) is 7.38. The molecule has 0 fully saturated rings. The molecule has 1 atom stereocenters. The Labute approximate surface area is 212 Å². The molecule has 3 heterocycles. The first-order valence-electron chi connectivity index (χ1n) is 11.3. The fraction of sp³-hybridized carbons (Fsp3) is 0.107. The minimum atomic E-state index is 0.00424. The van der Waals surface area contributed by atoms with Crippen molar-refractivity contribution in [2.24, 2.45) is 5.10 Å². The van der Waals surface area contributed by atoms with E-state index in [0.717, 1.165) is 45.6 Å². The van der Waals surface area contributed by atoms with Gasteiger partial charge in [-0.15, -0.1) is 11.3 Å². The van der Waals surface area contributed by atoms with E-state index in [1.54, 1.807) is 18.4 Å². The van der Waals surface area contributed by atoms with E-state index in [4.69, 9.17) is 31.4 Å². The van der Waals surface area contributed by atoms with Gasteiger partial charge in [0.2, 0.25) is 5.95 Å². The van der Waals surface area contributed by atoms with Crippen molar-refractivity contribution >= 4 is 45.5 Å². The lowest BCUT2D eigenvalue weighted by Gasteiger charge is -2.21. The Morgan fingerprint density at radius 3 is 2.57 bits per heavy atom.